The Balaban J connectivity index is 2.50. The van der Waals surface area contributed by atoms with Crippen LogP contribution in [0.2, 0.25) is 18.1 Å². The average Bonchev–Trinajstić information content (AvgIpc) is 2.79. The van der Waals surface area contributed by atoms with Gasteiger partial charge in [-0.3, -0.25) is 4.98 Å². The lowest BCUT2D eigenvalue weighted by Crippen LogP contribution is -2.56. The van der Waals surface area contributed by atoms with Crippen molar-refractivity contribution >= 4 is 18.3 Å². The van der Waals surface area contributed by atoms with Crippen molar-refractivity contribution in [3.8, 4) is 0 Å². The quantitative estimate of drug-likeness (QED) is 0.362. The number of nitrogens with zero attached hydrogens (tertiary/aromatic N) is 1. The van der Waals surface area contributed by atoms with Crippen molar-refractivity contribution in [1.29, 1.82) is 0 Å². The number of rotatable bonds is 12. The average molecular weight is 537 g/mol. The first-order valence-corrected chi connectivity index (χ1v) is 16.7. The van der Waals surface area contributed by atoms with Crippen molar-refractivity contribution in [2.75, 3.05) is 13.7 Å². The van der Waals surface area contributed by atoms with E-state index in [1.54, 1.807) is 34.1 Å². The number of aromatic nitrogens is 1. The van der Waals surface area contributed by atoms with Crippen molar-refractivity contribution in [3.63, 3.8) is 0 Å². The van der Waals surface area contributed by atoms with Crippen LogP contribution >= 0.6 is 0 Å². The normalized spacial score (nSPS) is 15.9. The van der Waals surface area contributed by atoms with Crippen molar-refractivity contribution in [3.05, 3.63) is 66.0 Å². The fourth-order valence-corrected chi connectivity index (χ4v) is 5.47. The van der Waals surface area contributed by atoms with E-state index in [-0.39, 0.29) is 11.6 Å². The third-order valence-corrected chi connectivity index (χ3v) is 13.4. The number of nitrogens with one attached hydrogen (secondary N) is 1. The Morgan fingerprint density at radius 2 is 1.58 bits per heavy atom. The van der Waals surface area contributed by atoms with E-state index in [9.17, 15) is 8.42 Å². The number of ether oxygens (including phenoxy) is 2. The lowest BCUT2D eigenvalue weighted by Gasteiger charge is -2.43. The first-order chi connectivity index (χ1) is 16.6. The highest BCUT2D eigenvalue weighted by molar-refractivity contribution is 7.90. The minimum Gasteiger partial charge on any atom is -0.407 e. The molecule has 3 atom stereocenters. The van der Waals surface area contributed by atoms with Crippen LogP contribution in [0.5, 0.6) is 0 Å². The molecule has 1 heterocycles. The predicted molar refractivity (Wildman–Crippen MR) is 148 cm³/mol. The van der Waals surface area contributed by atoms with E-state index in [0.717, 1.165) is 5.56 Å². The summed E-state index contributed by atoms with van der Waals surface area (Å²) in [5, 5.41) is -0.0974. The largest absolute Gasteiger partial charge is 0.407 e. The number of pyridine rings is 1. The van der Waals surface area contributed by atoms with E-state index in [4.69, 9.17) is 13.9 Å². The molecule has 36 heavy (non-hydrogen) atoms. The molecule has 0 spiro atoms. The van der Waals surface area contributed by atoms with Crippen molar-refractivity contribution in [2.24, 2.45) is 0 Å². The van der Waals surface area contributed by atoms with Crippen LogP contribution in [0, 0.1) is 0 Å². The van der Waals surface area contributed by atoms with Crippen LogP contribution in [0.3, 0.4) is 0 Å². The Hall–Kier alpha value is -1.62. The molecule has 0 saturated carbocycles. The SMILES string of the molecule is CO[C@H](COCc1ccccc1)[C@@H](NS(=O)(=O)C(C)(C)C)[C@@H](O[Si](C)(C)C(C)(C)C)c1ccccn1. The highest BCUT2D eigenvalue weighted by atomic mass is 32.2. The molecule has 0 aliphatic heterocycles. The second-order valence-corrected chi connectivity index (χ2v) is 18.8. The second-order valence-electron chi connectivity index (χ2n) is 11.6. The minimum absolute atomic E-state index is 0.0974. The predicted octanol–water partition coefficient (Wildman–Crippen LogP) is 5.46. The van der Waals surface area contributed by atoms with Crippen LogP contribution in [-0.2, 0) is 30.5 Å². The molecule has 0 aliphatic carbocycles. The summed E-state index contributed by atoms with van der Waals surface area (Å²) in [7, 11) is -4.53. The van der Waals surface area contributed by atoms with E-state index < -0.39 is 41.3 Å². The molecule has 0 saturated heterocycles. The van der Waals surface area contributed by atoms with Gasteiger partial charge >= 0.3 is 0 Å². The molecule has 2 rings (SSSR count). The highest BCUT2D eigenvalue weighted by Gasteiger charge is 2.45. The summed E-state index contributed by atoms with van der Waals surface area (Å²) in [4.78, 5) is 4.57. The topological polar surface area (TPSA) is 86.8 Å². The van der Waals surface area contributed by atoms with Gasteiger partial charge in [-0.1, -0.05) is 57.2 Å². The third kappa shape index (κ3) is 8.19. The van der Waals surface area contributed by atoms with Gasteiger partial charge in [-0.2, -0.15) is 0 Å². The van der Waals surface area contributed by atoms with Crippen LogP contribution in [0.1, 0.15) is 58.9 Å². The van der Waals surface area contributed by atoms with Gasteiger partial charge in [-0.15, -0.1) is 0 Å². The molecule has 1 N–H and O–H groups in total. The van der Waals surface area contributed by atoms with Crippen LogP contribution in [0.4, 0.5) is 0 Å². The van der Waals surface area contributed by atoms with Gasteiger partial charge in [-0.05, 0) is 56.6 Å². The molecule has 7 nitrogen and oxygen atoms in total. The lowest BCUT2D eigenvalue weighted by molar-refractivity contribution is -0.0389. The van der Waals surface area contributed by atoms with Crippen LogP contribution < -0.4 is 4.72 Å². The Labute approximate surface area is 219 Å². The van der Waals surface area contributed by atoms with E-state index >= 15 is 0 Å². The molecular weight excluding hydrogens is 492 g/mol. The molecular formula is C27H44N2O5SSi. The fourth-order valence-electron chi connectivity index (χ4n) is 3.23. The molecule has 9 heteroatoms. The van der Waals surface area contributed by atoms with Gasteiger partial charge in [0.05, 0.1) is 35.8 Å². The Bertz CT molecular complexity index is 1040. The van der Waals surface area contributed by atoms with Crippen molar-refractivity contribution in [1.82, 2.24) is 9.71 Å². The molecule has 2 aromatic rings. The summed E-state index contributed by atoms with van der Waals surface area (Å²) < 4.78 is 47.5. The van der Waals surface area contributed by atoms with Gasteiger partial charge in [0.2, 0.25) is 10.0 Å². The second kappa shape index (κ2) is 12.3. The molecule has 0 radical (unpaired) electrons. The molecule has 0 fully saturated rings. The number of hydrogen-bond donors (Lipinski definition) is 1. The Morgan fingerprint density at radius 1 is 0.972 bits per heavy atom. The lowest BCUT2D eigenvalue weighted by atomic mass is 10.0. The standard InChI is InChI=1S/C27H44N2O5SSi/c1-26(2,3)35(30,31)29-24(23(32-7)20-33-19-21-15-11-10-12-16-21)25(22-17-13-14-18-28-22)34-36(8,9)27(4,5)6/h10-18,23-25,29H,19-20H2,1-9H3/t23-,24-,25+/m1/s1. The first-order valence-electron chi connectivity index (χ1n) is 12.3. The smallest absolute Gasteiger partial charge is 0.216 e. The number of benzene rings is 1. The molecule has 202 valence electrons. The van der Waals surface area contributed by atoms with Gasteiger partial charge in [0.15, 0.2) is 8.32 Å². The van der Waals surface area contributed by atoms with E-state index in [2.05, 4.69) is 43.6 Å². The molecule has 1 aromatic heterocycles. The highest BCUT2D eigenvalue weighted by Crippen LogP contribution is 2.41. The molecule has 0 unspecified atom stereocenters. The van der Waals surface area contributed by atoms with E-state index in [1.807, 2.05) is 48.5 Å². The number of hydrogen-bond acceptors (Lipinski definition) is 6. The maximum Gasteiger partial charge on any atom is 0.216 e. The molecule has 0 aliphatic rings. The van der Waals surface area contributed by atoms with Gasteiger partial charge in [0.1, 0.15) is 6.10 Å². The van der Waals surface area contributed by atoms with E-state index in [0.29, 0.717) is 12.3 Å². The first kappa shape index (κ1) is 30.6. The van der Waals surface area contributed by atoms with Gasteiger partial charge in [0, 0.05) is 13.3 Å². The maximum absolute atomic E-state index is 13.4. The Kier molecular flexibility index (Phi) is 10.4. The van der Waals surface area contributed by atoms with E-state index in [1.165, 1.54) is 0 Å². The van der Waals surface area contributed by atoms with Gasteiger partial charge < -0.3 is 13.9 Å². The summed E-state index contributed by atoms with van der Waals surface area (Å²) in [5.41, 5.74) is 1.67. The van der Waals surface area contributed by atoms with Crippen molar-refractivity contribution < 1.29 is 22.3 Å². The van der Waals surface area contributed by atoms with Crippen LogP contribution in [0.15, 0.2) is 54.7 Å². The van der Waals surface area contributed by atoms with Crippen LogP contribution in [-0.4, -0.2) is 52.3 Å². The monoisotopic (exact) mass is 536 g/mol. The van der Waals surface area contributed by atoms with Crippen molar-refractivity contribution in [2.45, 2.75) is 89.3 Å². The zero-order valence-corrected chi connectivity index (χ0v) is 25.1. The summed E-state index contributed by atoms with van der Waals surface area (Å²) in [6, 6.07) is 14.7. The Morgan fingerprint density at radius 3 is 2.08 bits per heavy atom. The summed E-state index contributed by atoms with van der Waals surface area (Å²) >= 11 is 0. The molecule has 0 bridgehead atoms. The summed E-state index contributed by atoms with van der Waals surface area (Å²) in [6.45, 7) is 16.3. The maximum atomic E-state index is 13.4. The van der Waals surface area contributed by atoms with Gasteiger partial charge in [0.25, 0.3) is 0 Å². The minimum atomic E-state index is -3.75. The van der Waals surface area contributed by atoms with Crippen LogP contribution in [0.25, 0.3) is 0 Å². The number of sulfonamides is 1. The zero-order chi connectivity index (χ0) is 27.2. The van der Waals surface area contributed by atoms with Gasteiger partial charge in [-0.25, -0.2) is 13.1 Å². The fraction of sp³-hybridized carbons (Fsp3) is 0.593. The zero-order valence-electron chi connectivity index (χ0n) is 23.2. The molecule has 0 amide bonds. The summed E-state index contributed by atoms with van der Waals surface area (Å²) in [6.07, 6.45) is 0.400. The summed E-state index contributed by atoms with van der Waals surface area (Å²) in [5.74, 6) is 0. The third-order valence-electron chi connectivity index (χ3n) is 6.73. The molecule has 1 aromatic carbocycles. The number of methoxy groups -OCH3 is 1.